The van der Waals surface area contributed by atoms with Gasteiger partial charge in [0.1, 0.15) is 24.4 Å². The summed E-state index contributed by atoms with van der Waals surface area (Å²) in [6.07, 6.45) is -2.67. The monoisotopic (exact) mass is 584 g/mol. The van der Waals surface area contributed by atoms with Gasteiger partial charge in [0, 0.05) is 24.7 Å². The summed E-state index contributed by atoms with van der Waals surface area (Å²) in [4.78, 5) is 49.3. The first-order valence-electron chi connectivity index (χ1n) is 14.5. The van der Waals surface area contributed by atoms with Crippen LogP contribution in [-0.4, -0.2) is 93.1 Å². The minimum atomic E-state index is -1.35. The molecule has 10 aliphatic rings. The molecule has 2 N–H and O–H groups in total. The van der Waals surface area contributed by atoms with E-state index in [-0.39, 0.29) is 36.9 Å². The summed E-state index contributed by atoms with van der Waals surface area (Å²) in [5.74, 6) is -3.72. The maximum absolute atomic E-state index is 12.3. The van der Waals surface area contributed by atoms with E-state index in [2.05, 4.69) is 13.2 Å². The molecule has 10 fully saturated rings. The van der Waals surface area contributed by atoms with Gasteiger partial charge in [0.2, 0.25) is 11.2 Å². The molecule has 0 unspecified atom stereocenters. The van der Waals surface area contributed by atoms with Crippen LogP contribution < -0.4 is 0 Å². The van der Waals surface area contributed by atoms with Crippen molar-refractivity contribution in [1.82, 2.24) is 0 Å². The van der Waals surface area contributed by atoms with E-state index in [0.29, 0.717) is 0 Å². The third kappa shape index (κ3) is 2.08. The number of hydrogen-bond acceptors (Lipinski definition) is 12. The topological polar surface area (TPSA) is 171 Å². The third-order valence-electron chi connectivity index (χ3n) is 13.2. The van der Waals surface area contributed by atoms with Crippen molar-refractivity contribution in [2.45, 2.75) is 99.6 Å². The zero-order valence-corrected chi connectivity index (χ0v) is 23.6. The highest BCUT2D eigenvalue weighted by Crippen LogP contribution is 2.78. The molecule has 6 saturated heterocycles. The van der Waals surface area contributed by atoms with E-state index < -0.39 is 93.4 Å². The first kappa shape index (κ1) is 25.7. The fraction of sp³-hybridized carbons (Fsp3) is 0.733. The van der Waals surface area contributed by atoms with Gasteiger partial charge < -0.3 is 38.6 Å². The van der Waals surface area contributed by atoms with Crippen molar-refractivity contribution < 1.29 is 57.8 Å². The van der Waals surface area contributed by atoms with Gasteiger partial charge in [0.25, 0.3) is 0 Å². The summed E-state index contributed by atoms with van der Waals surface area (Å²) in [6, 6.07) is 0. The summed E-state index contributed by atoms with van der Waals surface area (Å²) in [5, 5.41) is 22.8. The molecule has 0 amide bonds. The number of hydrogen-bond donors (Lipinski definition) is 2. The van der Waals surface area contributed by atoms with Gasteiger partial charge in [-0.15, -0.1) is 0 Å². The molecule has 6 heterocycles. The third-order valence-corrected chi connectivity index (χ3v) is 13.2. The summed E-state index contributed by atoms with van der Waals surface area (Å²) in [6.45, 7) is 15.1. The van der Waals surface area contributed by atoms with Crippen molar-refractivity contribution >= 4 is 23.9 Å². The van der Waals surface area contributed by atoms with Crippen molar-refractivity contribution in [1.29, 1.82) is 0 Å². The number of fused-ring (bicyclic) bond motifs is 8. The standard InChI is InChI=1S/2C15H16O6/c2*1-5(2)7-8-11(16)19-9(7)10-13(3)14(8,18)4-6-15(13,21-6)12(17)20-10/h2*6-10,18H,1,4H2,2-3H3/t2*6-,7+,8+,9-,10-,13-,14-,15+/m11/s1. The predicted molar refractivity (Wildman–Crippen MR) is 134 cm³/mol. The van der Waals surface area contributed by atoms with Crippen LogP contribution in [0.2, 0.25) is 0 Å². The highest BCUT2D eigenvalue weighted by molar-refractivity contribution is 5.92. The molecule has 6 aliphatic heterocycles. The molecule has 4 aliphatic carbocycles. The van der Waals surface area contributed by atoms with Gasteiger partial charge in [0.15, 0.2) is 12.2 Å². The fourth-order valence-corrected chi connectivity index (χ4v) is 11.2. The highest BCUT2D eigenvalue weighted by Gasteiger charge is 2.96. The van der Waals surface area contributed by atoms with Crippen molar-refractivity contribution in [2.24, 2.45) is 34.5 Å². The van der Waals surface area contributed by atoms with Crippen LogP contribution in [0.3, 0.4) is 0 Å². The molecule has 12 nitrogen and oxygen atoms in total. The van der Waals surface area contributed by atoms with Gasteiger partial charge >= 0.3 is 23.9 Å². The Kier molecular flexibility index (Phi) is 4.06. The van der Waals surface area contributed by atoms with E-state index >= 15 is 0 Å². The second-order valence-corrected chi connectivity index (χ2v) is 14.5. The minimum Gasteiger partial charge on any atom is -0.457 e. The van der Waals surface area contributed by atoms with Crippen LogP contribution in [0.25, 0.3) is 0 Å². The zero-order valence-electron chi connectivity index (χ0n) is 23.6. The molecule has 4 bridgehead atoms. The highest BCUT2D eigenvalue weighted by atomic mass is 16.7. The Balaban J connectivity index is 0.000000119. The molecule has 0 aromatic heterocycles. The van der Waals surface area contributed by atoms with Crippen LogP contribution in [0.5, 0.6) is 0 Å². The lowest BCUT2D eigenvalue weighted by Gasteiger charge is -2.51. The van der Waals surface area contributed by atoms with Gasteiger partial charge in [-0.25, -0.2) is 9.59 Å². The maximum Gasteiger partial charge on any atom is 0.342 e. The van der Waals surface area contributed by atoms with Crippen molar-refractivity contribution in [3.63, 3.8) is 0 Å². The van der Waals surface area contributed by atoms with E-state index in [4.69, 9.17) is 28.4 Å². The summed E-state index contributed by atoms with van der Waals surface area (Å²) >= 11 is 0. The molecule has 4 saturated carbocycles. The van der Waals surface area contributed by atoms with Gasteiger partial charge in [-0.2, -0.15) is 0 Å². The number of epoxide rings is 2. The fourth-order valence-electron chi connectivity index (χ4n) is 11.2. The van der Waals surface area contributed by atoms with Crippen molar-refractivity contribution in [3.8, 4) is 0 Å². The molecular weight excluding hydrogens is 552 g/mol. The molecule has 16 atom stereocenters. The van der Waals surface area contributed by atoms with Crippen LogP contribution in [0.15, 0.2) is 24.3 Å². The maximum atomic E-state index is 12.3. The molecule has 0 radical (unpaired) electrons. The lowest BCUT2D eigenvalue weighted by atomic mass is 9.53. The van der Waals surface area contributed by atoms with Crippen LogP contribution in [0.1, 0.15) is 40.5 Å². The van der Waals surface area contributed by atoms with Crippen LogP contribution in [0, 0.1) is 34.5 Å². The van der Waals surface area contributed by atoms with Crippen LogP contribution in [-0.2, 0) is 47.6 Å². The van der Waals surface area contributed by atoms with E-state index in [1.165, 1.54) is 0 Å². The zero-order chi connectivity index (χ0) is 29.9. The second-order valence-electron chi connectivity index (χ2n) is 14.5. The number of carbonyl (C=O) groups is 4. The van der Waals surface area contributed by atoms with Gasteiger partial charge in [-0.3, -0.25) is 9.59 Å². The Morgan fingerprint density at radius 3 is 1.38 bits per heavy atom. The smallest absolute Gasteiger partial charge is 0.342 e. The Labute approximate surface area is 240 Å². The van der Waals surface area contributed by atoms with Gasteiger partial charge in [0.05, 0.1) is 33.9 Å². The normalized spacial score (nSPS) is 62.0. The van der Waals surface area contributed by atoms with Crippen LogP contribution >= 0.6 is 0 Å². The average Bonchev–Trinajstić information content (AvgIpc) is 3.59. The molecule has 2 spiro atoms. The largest absolute Gasteiger partial charge is 0.457 e. The number of carbonyl (C=O) groups excluding carboxylic acids is 4. The quantitative estimate of drug-likeness (QED) is 0.191. The van der Waals surface area contributed by atoms with E-state index in [1.54, 1.807) is 13.8 Å². The molecular formula is C30H32O12. The minimum absolute atomic E-state index is 0.269. The molecule has 10 rings (SSSR count). The Hall–Kier alpha value is -2.80. The predicted octanol–water partition coefficient (Wildman–Crippen LogP) is -0.124. The summed E-state index contributed by atoms with van der Waals surface area (Å²) in [7, 11) is 0. The molecule has 224 valence electrons. The first-order chi connectivity index (χ1) is 19.6. The van der Waals surface area contributed by atoms with Crippen molar-refractivity contribution in [3.05, 3.63) is 24.3 Å². The van der Waals surface area contributed by atoms with E-state index in [9.17, 15) is 29.4 Å². The lowest BCUT2D eigenvalue weighted by molar-refractivity contribution is -0.195. The molecule has 42 heavy (non-hydrogen) atoms. The van der Waals surface area contributed by atoms with Gasteiger partial charge in [-0.05, 0) is 27.7 Å². The number of rotatable bonds is 2. The number of esters is 4. The van der Waals surface area contributed by atoms with E-state index in [0.717, 1.165) is 11.1 Å². The second kappa shape index (κ2) is 6.64. The molecule has 12 heteroatoms. The molecule has 0 aromatic rings. The van der Waals surface area contributed by atoms with Crippen molar-refractivity contribution in [2.75, 3.05) is 0 Å². The Bertz CT molecular complexity index is 1390. The van der Waals surface area contributed by atoms with Gasteiger partial charge in [-0.1, -0.05) is 24.3 Å². The Morgan fingerprint density at radius 1 is 0.690 bits per heavy atom. The number of aliphatic hydroxyl groups is 2. The lowest BCUT2D eigenvalue weighted by Crippen LogP contribution is -2.66. The molecule has 0 aromatic carbocycles. The summed E-state index contributed by atoms with van der Waals surface area (Å²) in [5.41, 5.74) is -5.20. The summed E-state index contributed by atoms with van der Waals surface area (Å²) < 4.78 is 33.2. The average molecular weight is 585 g/mol. The number of ether oxygens (including phenoxy) is 6. The first-order valence-corrected chi connectivity index (χ1v) is 14.5. The van der Waals surface area contributed by atoms with Crippen LogP contribution in [0.4, 0.5) is 0 Å². The van der Waals surface area contributed by atoms with E-state index in [1.807, 2.05) is 13.8 Å². The SMILES string of the molecule is C=C(C)[C@@H]1[C@H]2OC(=O)[C@H]1[C@]1(O)C[C@H]3O[C@]34C(=O)O[C@H]2[C@]14C.C=C(C)[C@@H]1[C@H]2OC(=O)[C@H]1[C@]1(O)C[C@H]3O[C@]34C(=O)O[C@H]2[C@]14C. The Morgan fingerprint density at radius 2 is 1.05 bits per heavy atom.